The Morgan fingerprint density at radius 1 is 1.00 bits per heavy atom. The highest BCUT2D eigenvalue weighted by Crippen LogP contribution is 2.27. The molecule has 0 radical (unpaired) electrons. The Hall–Kier alpha value is -2.08. The van der Waals surface area contributed by atoms with Crippen LogP contribution in [0.1, 0.15) is 30.4 Å². The van der Waals surface area contributed by atoms with Crippen molar-refractivity contribution in [3.05, 3.63) is 57.6 Å². The lowest BCUT2D eigenvalue weighted by atomic mass is 10.1. The molecule has 0 heterocycles. The van der Waals surface area contributed by atoms with Crippen molar-refractivity contribution in [3.8, 4) is 0 Å². The van der Waals surface area contributed by atoms with E-state index in [0.29, 0.717) is 34.7 Å². The fraction of sp³-hybridized carbons (Fsp3) is 0.364. The van der Waals surface area contributed by atoms with E-state index >= 15 is 0 Å². The average Bonchev–Trinajstić information content (AvgIpc) is 3.50. The van der Waals surface area contributed by atoms with Crippen LogP contribution >= 0.6 is 23.2 Å². The van der Waals surface area contributed by atoms with Gasteiger partial charge in [-0.2, -0.15) is 0 Å². The van der Waals surface area contributed by atoms with Gasteiger partial charge in [0.1, 0.15) is 0 Å². The van der Waals surface area contributed by atoms with E-state index in [1.807, 2.05) is 32.0 Å². The zero-order valence-electron chi connectivity index (χ0n) is 16.6. The highest BCUT2D eigenvalue weighted by Gasteiger charge is 2.30. The minimum Gasteiger partial charge on any atom is -0.326 e. The molecule has 0 atom stereocenters. The number of aryl methyl sites for hydroxylation is 2. The van der Waals surface area contributed by atoms with Crippen LogP contribution in [0, 0.1) is 13.8 Å². The number of carbonyl (C=O) groups excluding carboxylic acids is 2. The first-order valence-corrected chi connectivity index (χ1v) is 10.4. The van der Waals surface area contributed by atoms with Gasteiger partial charge in [0.25, 0.3) is 0 Å². The molecule has 1 fully saturated rings. The number of nitrogens with zero attached hydrogens (tertiary/aromatic N) is 1. The van der Waals surface area contributed by atoms with Gasteiger partial charge in [-0.15, -0.1) is 0 Å². The summed E-state index contributed by atoms with van der Waals surface area (Å²) in [5.41, 5.74) is 3.57. The van der Waals surface area contributed by atoms with Crippen molar-refractivity contribution < 1.29 is 9.59 Å². The monoisotopic (exact) mass is 433 g/mol. The predicted molar refractivity (Wildman–Crippen MR) is 119 cm³/mol. The van der Waals surface area contributed by atoms with Crippen LogP contribution in [-0.4, -0.2) is 35.8 Å². The van der Waals surface area contributed by atoms with Gasteiger partial charge in [-0.25, -0.2) is 0 Å². The zero-order valence-corrected chi connectivity index (χ0v) is 18.1. The highest BCUT2D eigenvalue weighted by molar-refractivity contribution is 6.42. The van der Waals surface area contributed by atoms with E-state index in [4.69, 9.17) is 23.2 Å². The minimum atomic E-state index is -0.121. The molecule has 2 N–H and O–H groups in total. The molecule has 1 saturated carbocycles. The van der Waals surface area contributed by atoms with Gasteiger partial charge in [0, 0.05) is 30.4 Å². The van der Waals surface area contributed by atoms with E-state index in [9.17, 15) is 9.59 Å². The van der Waals surface area contributed by atoms with Crippen molar-refractivity contribution in [2.45, 2.75) is 39.2 Å². The van der Waals surface area contributed by atoms with E-state index < -0.39 is 0 Å². The minimum absolute atomic E-state index is 0.0597. The molecule has 0 bridgehead atoms. The first-order valence-electron chi connectivity index (χ1n) is 9.68. The number of carbonyl (C=O) groups is 2. The summed E-state index contributed by atoms with van der Waals surface area (Å²) >= 11 is 11.9. The Balaban J connectivity index is 1.52. The second-order valence-electron chi connectivity index (χ2n) is 7.50. The Labute approximate surface area is 181 Å². The van der Waals surface area contributed by atoms with Crippen LogP contribution in [0.2, 0.25) is 10.0 Å². The maximum atomic E-state index is 12.5. The first kappa shape index (κ1) is 21.6. The summed E-state index contributed by atoms with van der Waals surface area (Å²) in [5, 5.41) is 6.66. The zero-order chi connectivity index (χ0) is 21.0. The molecule has 0 aliphatic heterocycles. The molecule has 1 aliphatic carbocycles. The molecular formula is C22H25Cl2N3O2. The third kappa shape index (κ3) is 6.46. The summed E-state index contributed by atoms with van der Waals surface area (Å²) in [7, 11) is 0. The molecule has 0 aromatic heterocycles. The second-order valence-corrected chi connectivity index (χ2v) is 8.31. The van der Waals surface area contributed by atoms with Crippen molar-refractivity contribution in [1.29, 1.82) is 0 Å². The van der Waals surface area contributed by atoms with Crippen molar-refractivity contribution >= 4 is 46.4 Å². The fourth-order valence-electron chi connectivity index (χ4n) is 3.12. The van der Waals surface area contributed by atoms with Gasteiger partial charge in [-0.3, -0.25) is 14.5 Å². The van der Waals surface area contributed by atoms with Gasteiger partial charge in [0.2, 0.25) is 11.8 Å². The van der Waals surface area contributed by atoms with Crippen molar-refractivity contribution in [2.24, 2.45) is 0 Å². The standard InChI is InChI=1S/C22H25Cl2N3O2/c1-14-3-4-15(2)20(11-14)26-22(29)13-27(17-6-7-17)10-9-21(28)25-16-5-8-18(23)19(24)12-16/h3-5,8,11-12,17H,6-7,9-10,13H2,1-2H3,(H,25,28)(H,26,29). The van der Waals surface area contributed by atoms with E-state index in [-0.39, 0.29) is 18.4 Å². The molecule has 29 heavy (non-hydrogen) atoms. The topological polar surface area (TPSA) is 61.4 Å². The number of anilines is 2. The number of benzene rings is 2. The number of rotatable bonds is 8. The van der Waals surface area contributed by atoms with Gasteiger partial charge >= 0.3 is 0 Å². The van der Waals surface area contributed by atoms with E-state index in [0.717, 1.165) is 29.7 Å². The van der Waals surface area contributed by atoms with Gasteiger partial charge in [-0.05, 0) is 62.1 Å². The maximum absolute atomic E-state index is 12.5. The Kier molecular flexibility index (Phi) is 7.17. The van der Waals surface area contributed by atoms with Crippen LogP contribution in [0.3, 0.4) is 0 Å². The van der Waals surface area contributed by atoms with Crippen LogP contribution in [-0.2, 0) is 9.59 Å². The van der Waals surface area contributed by atoms with Crippen molar-refractivity contribution in [1.82, 2.24) is 4.90 Å². The number of hydrogen-bond acceptors (Lipinski definition) is 3. The molecule has 0 saturated heterocycles. The van der Waals surface area contributed by atoms with Crippen LogP contribution in [0.15, 0.2) is 36.4 Å². The smallest absolute Gasteiger partial charge is 0.238 e. The van der Waals surface area contributed by atoms with Crippen LogP contribution in [0.4, 0.5) is 11.4 Å². The molecule has 2 amide bonds. The van der Waals surface area contributed by atoms with Gasteiger partial charge in [0.15, 0.2) is 0 Å². The number of nitrogens with one attached hydrogen (secondary N) is 2. The van der Waals surface area contributed by atoms with E-state index in [2.05, 4.69) is 15.5 Å². The Bertz CT molecular complexity index is 913. The van der Waals surface area contributed by atoms with Gasteiger partial charge in [-0.1, -0.05) is 35.3 Å². The Morgan fingerprint density at radius 3 is 2.45 bits per heavy atom. The van der Waals surface area contributed by atoms with Crippen LogP contribution < -0.4 is 10.6 Å². The third-order valence-corrected chi connectivity index (χ3v) is 5.65. The normalized spacial score (nSPS) is 13.4. The third-order valence-electron chi connectivity index (χ3n) is 4.91. The summed E-state index contributed by atoms with van der Waals surface area (Å²) in [4.78, 5) is 26.9. The Morgan fingerprint density at radius 2 is 1.76 bits per heavy atom. The lowest BCUT2D eigenvalue weighted by Gasteiger charge is -2.21. The molecule has 2 aromatic carbocycles. The summed E-state index contributed by atoms with van der Waals surface area (Å²) in [6, 6.07) is 11.3. The molecule has 0 spiro atoms. The second kappa shape index (κ2) is 9.61. The predicted octanol–water partition coefficient (Wildman–Crippen LogP) is 5.04. The largest absolute Gasteiger partial charge is 0.326 e. The number of hydrogen-bond donors (Lipinski definition) is 2. The molecular weight excluding hydrogens is 409 g/mol. The average molecular weight is 434 g/mol. The SMILES string of the molecule is Cc1ccc(C)c(NC(=O)CN(CCC(=O)Nc2ccc(Cl)c(Cl)c2)C2CC2)c1. The van der Waals surface area contributed by atoms with Crippen LogP contribution in [0.25, 0.3) is 0 Å². The molecule has 1 aliphatic rings. The molecule has 2 aromatic rings. The highest BCUT2D eigenvalue weighted by atomic mass is 35.5. The van der Waals surface area contributed by atoms with Gasteiger partial charge in [0.05, 0.1) is 16.6 Å². The molecule has 154 valence electrons. The first-order chi connectivity index (χ1) is 13.8. The lowest BCUT2D eigenvalue weighted by Crippen LogP contribution is -2.37. The van der Waals surface area contributed by atoms with Crippen LogP contribution in [0.5, 0.6) is 0 Å². The molecule has 0 unspecified atom stereocenters. The summed E-state index contributed by atoms with van der Waals surface area (Å²) in [5.74, 6) is -0.181. The maximum Gasteiger partial charge on any atom is 0.238 e. The number of halogens is 2. The summed E-state index contributed by atoms with van der Waals surface area (Å²) in [6.07, 6.45) is 2.42. The lowest BCUT2D eigenvalue weighted by molar-refractivity contribution is -0.119. The number of amides is 2. The van der Waals surface area contributed by atoms with Crippen molar-refractivity contribution in [3.63, 3.8) is 0 Å². The van der Waals surface area contributed by atoms with Gasteiger partial charge < -0.3 is 10.6 Å². The molecule has 7 heteroatoms. The van der Waals surface area contributed by atoms with Crippen molar-refractivity contribution in [2.75, 3.05) is 23.7 Å². The fourth-order valence-corrected chi connectivity index (χ4v) is 3.42. The van der Waals surface area contributed by atoms with E-state index in [1.54, 1.807) is 18.2 Å². The summed E-state index contributed by atoms with van der Waals surface area (Å²) < 4.78 is 0. The molecule has 5 nitrogen and oxygen atoms in total. The van der Waals surface area contributed by atoms with E-state index in [1.165, 1.54) is 0 Å². The summed E-state index contributed by atoms with van der Waals surface area (Å²) in [6.45, 7) is 4.77. The quantitative estimate of drug-likeness (QED) is 0.612. The molecule has 3 rings (SSSR count).